The van der Waals surface area contributed by atoms with Crippen molar-refractivity contribution in [1.29, 1.82) is 0 Å². The van der Waals surface area contributed by atoms with Gasteiger partial charge in [-0.15, -0.1) is 11.3 Å². The predicted octanol–water partition coefficient (Wildman–Crippen LogP) is 1.59. The Morgan fingerprint density at radius 3 is 2.18 bits per heavy atom. The van der Waals surface area contributed by atoms with Gasteiger partial charge in [0.2, 0.25) is 10.0 Å². The minimum absolute atomic E-state index is 0.0205. The maximum absolute atomic E-state index is 12.2. The Balaban J connectivity index is 2.13. The van der Waals surface area contributed by atoms with Crippen LogP contribution in [0.15, 0.2) is 39.4 Å². The smallest absolute Gasteiger partial charge is 0.240 e. The van der Waals surface area contributed by atoms with E-state index in [1.165, 1.54) is 35.6 Å². The van der Waals surface area contributed by atoms with Crippen molar-refractivity contribution in [3.63, 3.8) is 0 Å². The molecule has 0 atom stereocenters. The van der Waals surface area contributed by atoms with Crippen LogP contribution >= 0.6 is 11.3 Å². The van der Waals surface area contributed by atoms with E-state index < -0.39 is 19.9 Å². The fraction of sp³-hybridized carbons (Fsp3) is 0.308. The third-order valence-corrected chi connectivity index (χ3v) is 6.38. The molecule has 2 aromatic rings. The average molecular weight is 360 g/mol. The summed E-state index contributed by atoms with van der Waals surface area (Å²) in [5, 5.41) is 2.58. The van der Waals surface area contributed by atoms with Crippen molar-refractivity contribution in [3.05, 3.63) is 40.3 Å². The zero-order chi connectivity index (χ0) is 16.4. The maximum atomic E-state index is 12.2. The molecule has 9 heteroatoms. The summed E-state index contributed by atoms with van der Waals surface area (Å²) in [6, 6.07) is 5.11. The molecule has 1 heterocycles. The number of hydrogen-bond donors (Lipinski definition) is 1. The van der Waals surface area contributed by atoms with Gasteiger partial charge in [0.1, 0.15) is 5.01 Å². The second-order valence-electron chi connectivity index (χ2n) is 4.65. The molecule has 0 radical (unpaired) electrons. The van der Waals surface area contributed by atoms with Crippen LogP contribution in [-0.4, -0.2) is 28.1 Å². The quantitative estimate of drug-likeness (QED) is 0.844. The first kappa shape index (κ1) is 17.1. The lowest BCUT2D eigenvalue weighted by molar-refractivity contribution is 0.580. The van der Waals surface area contributed by atoms with Crippen LogP contribution in [0.3, 0.4) is 0 Å². The van der Waals surface area contributed by atoms with Crippen LogP contribution in [0.2, 0.25) is 0 Å². The van der Waals surface area contributed by atoms with E-state index in [-0.39, 0.29) is 16.3 Å². The van der Waals surface area contributed by atoms with E-state index in [0.29, 0.717) is 5.01 Å². The van der Waals surface area contributed by atoms with Crippen molar-refractivity contribution in [2.45, 2.75) is 29.7 Å². The van der Waals surface area contributed by atoms with Crippen molar-refractivity contribution in [2.24, 2.45) is 0 Å². The number of benzene rings is 1. The summed E-state index contributed by atoms with van der Waals surface area (Å²) in [7, 11) is -7.04. The topological polar surface area (TPSA) is 93.2 Å². The first-order chi connectivity index (χ1) is 10.2. The predicted molar refractivity (Wildman–Crippen MR) is 85.1 cm³/mol. The lowest BCUT2D eigenvalue weighted by atomic mass is 10.4. The fourth-order valence-electron chi connectivity index (χ4n) is 1.70. The molecule has 0 spiro atoms. The molecule has 0 unspecified atom stereocenters. The monoisotopic (exact) mass is 360 g/mol. The normalized spacial score (nSPS) is 12.5. The van der Waals surface area contributed by atoms with Crippen molar-refractivity contribution < 1.29 is 16.8 Å². The SMILES string of the molecule is CCc1csc(CNS(=O)(=O)c2ccc(S(C)(=O)=O)cc2)n1. The number of nitrogens with zero attached hydrogens (tertiary/aromatic N) is 1. The van der Waals surface area contributed by atoms with Gasteiger partial charge in [-0.25, -0.2) is 26.5 Å². The first-order valence-corrected chi connectivity index (χ1v) is 10.7. The number of thiazole rings is 1. The van der Waals surface area contributed by atoms with E-state index in [9.17, 15) is 16.8 Å². The Hall–Kier alpha value is -1.29. The van der Waals surface area contributed by atoms with E-state index in [2.05, 4.69) is 9.71 Å². The second kappa shape index (κ2) is 6.45. The highest BCUT2D eigenvalue weighted by atomic mass is 32.2. The number of aryl methyl sites for hydroxylation is 1. The van der Waals surface area contributed by atoms with Gasteiger partial charge in [-0.05, 0) is 30.7 Å². The van der Waals surface area contributed by atoms with E-state index in [4.69, 9.17) is 0 Å². The van der Waals surface area contributed by atoms with Crippen molar-refractivity contribution in [1.82, 2.24) is 9.71 Å². The summed E-state index contributed by atoms with van der Waals surface area (Å²) in [6.45, 7) is 2.09. The molecular formula is C13H16N2O4S3. The van der Waals surface area contributed by atoms with Gasteiger partial charge in [-0.2, -0.15) is 0 Å². The molecule has 0 bridgehead atoms. The highest BCUT2D eigenvalue weighted by Gasteiger charge is 2.16. The average Bonchev–Trinajstić information content (AvgIpc) is 2.93. The van der Waals surface area contributed by atoms with Crippen LogP contribution in [-0.2, 0) is 32.8 Å². The molecule has 0 fully saturated rings. The molecular weight excluding hydrogens is 344 g/mol. The zero-order valence-electron chi connectivity index (χ0n) is 12.1. The number of rotatable bonds is 6. The number of sulfone groups is 1. The Bertz CT molecular complexity index is 853. The Morgan fingerprint density at radius 2 is 1.68 bits per heavy atom. The Morgan fingerprint density at radius 1 is 1.09 bits per heavy atom. The highest BCUT2D eigenvalue weighted by Crippen LogP contribution is 2.15. The Kier molecular flexibility index (Phi) is 5.00. The minimum Gasteiger partial charge on any atom is -0.245 e. The van der Waals surface area contributed by atoms with Crippen LogP contribution in [0.1, 0.15) is 17.6 Å². The van der Waals surface area contributed by atoms with Crippen molar-refractivity contribution >= 4 is 31.2 Å². The molecule has 6 nitrogen and oxygen atoms in total. The van der Waals surface area contributed by atoms with Crippen LogP contribution in [0, 0.1) is 0 Å². The third-order valence-electron chi connectivity index (χ3n) is 2.94. The number of nitrogens with one attached hydrogen (secondary N) is 1. The van der Waals surface area contributed by atoms with Gasteiger partial charge in [-0.3, -0.25) is 0 Å². The molecule has 0 amide bonds. The molecule has 0 saturated heterocycles. The van der Waals surface area contributed by atoms with Gasteiger partial charge < -0.3 is 0 Å². The van der Waals surface area contributed by atoms with Gasteiger partial charge in [0.25, 0.3) is 0 Å². The third kappa shape index (κ3) is 4.13. The van der Waals surface area contributed by atoms with Crippen LogP contribution < -0.4 is 4.72 Å². The van der Waals surface area contributed by atoms with E-state index in [1.807, 2.05) is 12.3 Å². The molecule has 1 N–H and O–H groups in total. The maximum Gasteiger partial charge on any atom is 0.240 e. The van der Waals surface area contributed by atoms with Gasteiger partial charge in [0.15, 0.2) is 9.84 Å². The van der Waals surface area contributed by atoms with Gasteiger partial charge in [-0.1, -0.05) is 6.92 Å². The molecule has 1 aromatic heterocycles. The lowest BCUT2D eigenvalue weighted by Crippen LogP contribution is -2.23. The molecule has 0 aliphatic heterocycles. The van der Waals surface area contributed by atoms with Gasteiger partial charge in [0, 0.05) is 11.6 Å². The molecule has 0 saturated carbocycles. The standard InChI is InChI=1S/C13H16N2O4S3/c1-3-10-9-20-13(15-10)8-14-22(18,19)12-6-4-11(5-7-12)21(2,16)17/h4-7,9,14H,3,8H2,1-2H3. The molecule has 2 rings (SSSR count). The van der Waals surface area contributed by atoms with Gasteiger partial charge >= 0.3 is 0 Å². The zero-order valence-corrected chi connectivity index (χ0v) is 14.6. The van der Waals surface area contributed by atoms with E-state index >= 15 is 0 Å². The van der Waals surface area contributed by atoms with Crippen molar-refractivity contribution in [2.75, 3.05) is 6.26 Å². The van der Waals surface area contributed by atoms with Crippen molar-refractivity contribution in [3.8, 4) is 0 Å². The number of sulfonamides is 1. The summed E-state index contributed by atoms with van der Waals surface area (Å²) in [5.41, 5.74) is 0.928. The summed E-state index contributed by atoms with van der Waals surface area (Å²) in [4.78, 5) is 4.39. The number of aromatic nitrogens is 1. The summed E-state index contributed by atoms with van der Waals surface area (Å²) >= 11 is 1.40. The minimum atomic E-state index is -3.70. The summed E-state index contributed by atoms with van der Waals surface area (Å²) < 4.78 is 49.5. The molecule has 120 valence electrons. The largest absolute Gasteiger partial charge is 0.245 e. The van der Waals surface area contributed by atoms with Crippen LogP contribution in [0.5, 0.6) is 0 Å². The van der Waals surface area contributed by atoms with E-state index in [0.717, 1.165) is 18.4 Å². The van der Waals surface area contributed by atoms with E-state index in [1.54, 1.807) is 0 Å². The lowest BCUT2D eigenvalue weighted by Gasteiger charge is -2.06. The molecule has 22 heavy (non-hydrogen) atoms. The molecule has 0 aliphatic rings. The first-order valence-electron chi connectivity index (χ1n) is 6.45. The summed E-state index contributed by atoms with van der Waals surface area (Å²) in [6.07, 6.45) is 1.87. The van der Waals surface area contributed by atoms with Crippen LogP contribution in [0.25, 0.3) is 0 Å². The second-order valence-corrected chi connectivity index (χ2v) is 9.38. The van der Waals surface area contributed by atoms with Gasteiger partial charge in [0.05, 0.1) is 22.0 Å². The molecule has 1 aromatic carbocycles. The highest BCUT2D eigenvalue weighted by molar-refractivity contribution is 7.90. The fourth-order valence-corrected chi connectivity index (χ4v) is 4.23. The Labute approximate surface area is 134 Å². The summed E-state index contributed by atoms with van der Waals surface area (Å²) in [5.74, 6) is 0. The number of hydrogen-bond acceptors (Lipinski definition) is 6. The van der Waals surface area contributed by atoms with Crippen LogP contribution in [0.4, 0.5) is 0 Å². The molecule has 0 aliphatic carbocycles.